The molecule has 0 N–H and O–H groups in total. The molecule has 1 heterocycles. The quantitative estimate of drug-likeness (QED) is 0.404. The van der Waals surface area contributed by atoms with Gasteiger partial charge in [0.2, 0.25) is 0 Å². The average Bonchev–Trinajstić information content (AvgIpc) is 3.23. The van der Waals surface area contributed by atoms with Crippen LogP contribution in [0.15, 0.2) is 90.0 Å². The maximum atomic E-state index is 5.00. The molecule has 0 saturated heterocycles. The lowest BCUT2D eigenvalue weighted by Crippen LogP contribution is -2.18. The Morgan fingerprint density at radius 1 is 0.742 bits per heavy atom. The first-order valence-electron chi connectivity index (χ1n) is 11.3. The van der Waals surface area contributed by atoms with E-state index < -0.39 is 0 Å². The van der Waals surface area contributed by atoms with Crippen LogP contribution < -0.4 is 5.01 Å². The van der Waals surface area contributed by atoms with Crippen molar-refractivity contribution >= 4 is 17.5 Å². The molecule has 1 unspecified atom stereocenters. The lowest BCUT2D eigenvalue weighted by Gasteiger charge is -2.24. The SMILES string of the molecule is CC(C)c1ccc(/C=C/C2=NN(c3ccccc3)C(c3ccc(C(C)C)cc3)C2)cc1. The zero-order valence-corrected chi connectivity index (χ0v) is 19.0. The normalized spacial score (nSPS) is 16.5. The highest BCUT2D eigenvalue weighted by atomic mass is 15.5. The van der Waals surface area contributed by atoms with Gasteiger partial charge in [0.25, 0.3) is 0 Å². The number of para-hydroxylation sites is 1. The van der Waals surface area contributed by atoms with Gasteiger partial charge in [0.1, 0.15) is 0 Å². The molecule has 0 fully saturated rings. The predicted molar refractivity (Wildman–Crippen MR) is 134 cm³/mol. The van der Waals surface area contributed by atoms with Gasteiger partial charge in [-0.05, 0) is 52.3 Å². The first-order chi connectivity index (χ1) is 15.0. The lowest BCUT2D eigenvalue weighted by molar-refractivity contribution is 0.708. The van der Waals surface area contributed by atoms with E-state index in [-0.39, 0.29) is 6.04 Å². The second-order valence-corrected chi connectivity index (χ2v) is 8.97. The summed E-state index contributed by atoms with van der Waals surface area (Å²) in [6, 6.07) is 28.6. The monoisotopic (exact) mass is 408 g/mol. The topological polar surface area (TPSA) is 15.6 Å². The molecule has 158 valence electrons. The summed E-state index contributed by atoms with van der Waals surface area (Å²) >= 11 is 0. The summed E-state index contributed by atoms with van der Waals surface area (Å²) in [5, 5.41) is 7.17. The van der Waals surface area contributed by atoms with Crippen molar-refractivity contribution in [2.75, 3.05) is 5.01 Å². The van der Waals surface area contributed by atoms with Crippen molar-refractivity contribution in [2.24, 2.45) is 5.10 Å². The summed E-state index contributed by atoms with van der Waals surface area (Å²) in [4.78, 5) is 0. The van der Waals surface area contributed by atoms with E-state index in [9.17, 15) is 0 Å². The van der Waals surface area contributed by atoms with Crippen LogP contribution in [-0.4, -0.2) is 5.71 Å². The molecule has 0 spiro atoms. The van der Waals surface area contributed by atoms with Crippen LogP contribution in [0.25, 0.3) is 6.08 Å². The predicted octanol–water partition coefficient (Wildman–Crippen LogP) is 7.95. The van der Waals surface area contributed by atoms with Gasteiger partial charge in [0.15, 0.2) is 0 Å². The molecule has 0 bridgehead atoms. The van der Waals surface area contributed by atoms with Crippen LogP contribution in [0.5, 0.6) is 0 Å². The largest absolute Gasteiger partial charge is 0.257 e. The Bertz CT molecular complexity index is 1040. The van der Waals surface area contributed by atoms with Gasteiger partial charge in [-0.2, -0.15) is 5.10 Å². The van der Waals surface area contributed by atoms with E-state index in [4.69, 9.17) is 5.10 Å². The first kappa shape index (κ1) is 21.1. The van der Waals surface area contributed by atoms with Crippen molar-refractivity contribution < 1.29 is 0 Å². The van der Waals surface area contributed by atoms with Crippen molar-refractivity contribution in [3.05, 3.63) is 107 Å². The number of hydrogen-bond donors (Lipinski definition) is 0. The minimum Gasteiger partial charge on any atom is -0.257 e. The third-order valence-corrected chi connectivity index (χ3v) is 6.01. The smallest absolute Gasteiger partial charge is 0.0831 e. The molecule has 0 saturated carbocycles. The van der Waals surface area contributed by atoms with Crippen LogP contribution in [-0.2, 0) is 0 Å². The maximum Gasteiger partial charge on any atom is 0.0831 e. The molecule has 0 amide bonds. The van der Waals surface area contributed by atoms with Crippen molar-refractivity contribution in [1.82, 2.24) is 0 Å². The van der Waals surface area contributed by atoms with E-state index in [0.717, 1.165) is 17.8 Å². The molecule has 31 heavy (non-hydrogen) atoms. The van der Waals surface area contributed by atoms with Crippen molar-refractivity contribution in [3.63, 3.8) is 0 Å². The standard InChI is InChI=1S/C29H32N2/c1-21(2)24-13-10-23(11-14-24)12-19-27-20-29(26-17-15-25(16-18-26)22(3)4)31(30-27)28-8-6-5-7-9-28/h5-19,21-22,29H,20H2,1-4H3/b19-12+. The van der Waals surface area contributed by atoms with Crippen molar-refractivity contribution in [3.8, 4) is 0 Å². The summed E-state index contributed by atoms with van der Waals surface area (Å²) < 4.78 is 0. The molecule has 1 atom stereocenters. The van der Waals surface area contributed by atoms with Crippen LogP contribution in [0.2, 0.25) is 0 Å². The molecule has 3 aromatic carbocycles. The molecule has 4 rings (SSSR count). The van der Waals surface area contributed by atoms with E-state index >= 15 is 0 Å². The molecule has 1 aliphatic heterocycles. The molecule has 0 radical (unpaired) electrons. The zero-order valence-electron chi connectivity index (χ0n) is 19.0. The Morgan fingerprint density at radius 2 is 1.32 bits per heavy atom. The second-order valence-electron chi connectivity index (χ2n) is 8.97. The highest BCUT2D eigenvalue weighted by Gasteiger charge is 2.28. The number of hydrogen-bond acceptors (Lipinski definition) is 2. The Kier molecular flexibility index (Phi) is 6.36. The fraction of sp³-hybridized carbons (Fsp3) is 0.276. The highest BCUT2D eigenvalue weighted by Crippen LogP contribution is 2.36. The minimum atomic E-state index is 0.214. The Balaban J connectivity index is 1.59. The third kappa shape index (κ3) is 4.96. The summed E-state index contributed by atoms with van der Waals surface area (Å²) in [5.74, 6) is 1.10. The van der Waals surface area contributed by atoms with Gasteiger partial charge >= 0.3 is 0 Å². The number of benzene rings is 3. The van der Waals surface area contributed by atoms with Gasteiger partial charge < -0.3 is 0 Å². The molecule has 2 heteroatoms. The lowest BCUT2D eigenvalue weighted by atomic mass is 9.96. The molecule has 0 aliphatic carbocycles. The summed E-state index contributed by atoms with van der Waals surface area (Å²) in [7, 11) is 0. The second kappa shape index (κ2) is 9.34. The van der Waals surface area contributed by atoms with Gasteiger partial charge in [-0.3, -0.25) is 5.01 Å². The summed E-state index contributed by atoms with van der Waals surface area (Å²) in [5.41, 5.74) is 7.50. The first-order valence-corrected chi connectivity index (χ1v) is 11.3. The van der Waals surface area contributed by atoms with Crippen LogP contribution in [0, 0.1) is 0 Å². The number of hydrazone groups is 1. The third-order valence-electron chi connectivity index (χ3n) is 6.01. The van der Waals surface area contributed by atoms with E-state index in [1.165, 1.54) is 22.3 Å². The van der Waals surface area contributed by atoms with Gasteiger partial charge in [-0.15, -0.1) is 0 Å². The Hall–Kier alpha value is -3.13. The molecule has 2 nitrogen and oxygen atoms in total. The summed E-state index contributed by atoms with van der Waals surface area (Å²) in [6.45, 7) is 8.93. The van der Waals surface area contributed by atoms with E-state index in [1.54, 1.807) is 0 Å². The molecular formula is C29H32N2. The van der Waals surface area contributed by atoms with Gasteiger partial charge in [-0.25, -0.2) is 0 Å². The van der Waals surface area contributed by atoms with Crippen molar-refractivity contribution in [2.45, 2.75) is 52.0 Å². The van der Waals surface area contributed by atoms with Gasteiger partial charge in [0, 0.05) is 6.42 Å². The number of nitrogens with zero attached hydrogens (tertiary/aromatic N) is 2. The van der Waals surface area contributed by atoms with Gasteiger partial charge in [0.05, 0.1) is 17.4 Å². The highest BCUT2D eigenvalue weighted by molar-refractivity contribution is 6.01. The summed E-state index contributed by atoms with van der Waals surface area (Å²) in [6.07, 6.45) is 5.25. The average molecular weight is 409 g/mol. The van der Waals surface area contributed by atoms with E-state index in [1.807, 2.05) is 0 Å². The van der Waals surface area contributed by atoms with E-state index in [0.29, 0.717) is 11.8 Å². The maximum absolute atomic E-state index is 5.00. The van der Waals surface area contributed by atoms with Crippen LogP contribution >= 0.6 is 0 Å². The fourth-order valence-corrected chi connectivity index (χ4v) is 4.00. The molecule has 1 aliphatic rings. The number of anilines is 1. The van der Waals surface area contributed by atoms with Crippen molar-refractivity contribution in [1.29, 1.82) is 0 Å². The van der Waals surface area contributed by atoms with E-state index in [2.05, 4.69) is 124 Å². The molecular weight excluding hydrogens is 376 g/mol. The van der Waals surface area contributed by atoms with Gasteiger partial charge in [-0.1, -0.05) is 101 Å². The van der Waals surface area contributed by atoms with Crippen LogP contribution in [0.3, 0.4) is 0 Å². The zero-order chi connectivity index (χ0) is 21.8. The van der Waals surface area contributed by atoms with Crippen LogP contribution in [0.1, 0.15) is 74.2 Å². The Labute approximate surface area is 186 Å². The molecule has 0 aromatic heterocycles. The fourth-order valence-electron chi connectivity index (χ4n) is 4.00. The Morgan fingerprint density at radius 3 is 1.90 bits per heavy atom. The molecule has 3 aromatic rings. The minimum absolute atomic E-state index is 0.214. The number of allylic oxidation sites excluding steroid dienone is 1. The number of rotatable bonds is 6. The van der Waals surface area contributed by atoms with Crippen LogP contribution in [0.4, 0.5) is 5.69 Å².